The summed E-state index contributed by atoms with van der Waals surface area (Å²) < 4.78 is 23.3. The lowest BCUT2D eigenvalue weighted by atomic mass is 9.75. The van der Waals surface area contributed by atoms with E-state index in [1.165, 1.54) is 12.1 Å². The first kappa shape index (κ1) is 16.7. The molecular formula is C14H21N3O4S. The zero-order valence-electron chi connectivity index (χ0n) is 12.7. The normalized spacial score (nSPS) is 21.3. The molecule has 1 aliphatic rings. The monoisotopic (exact) mass is 327 g/mol. The average molecular weight is 327 g/mol. The van der Waals surface area contributed by atoms with Crippen LogP contribution in [-0.2, 0) is 10.0 Å². The van der Waals surface area contributed by atoms with Crippen molar-refractivity contribution >= 4 is 21.4 Å². The number of nitrogens with zero attached hydrogens (tertiary/aromatic N) is 1. The molecule has 1 saturated carbocycles. The van der Waals surface area contributed by atoms with Crippen LogP contribution in [0.3, 0.4) is 0 Å². The Kier molecular flexibility index (Phi) is 4.44. The maximum atomic E-state index is 11.7. The van der Waals surface area contributed by atoms with Gasteiger partial charge in [0.05, 0.1) is 10.6 Å². The second-order valence-corrected chi connectivity index (χ2v) is 8.11. The molecule has 1 aromatic carbocycles. The molecule has 0 aromatic heterocycles. The van der Waals surface area contributed by atoms with Crippen LogP contribution in [0.2, 0.25) is 0 Å². The molecule has 1 aromatic rings. The van der Waals surface area contributed by atoms with Gasteiger partial charge < -0.3 is 5.32 Å². The van der Waals surface area contributed by atoms with E-state index in [-0.39, 0.29) is 27.7 Å². The number of nitro benzene ring substituents is 1. The van der Waals surface area contributed by atoms with Crippen LogP contribution in [0.1, 0.15) is 39.5 Å². The van der Waals surface area contributed by atoms with E-state index in [2.05, 4.69) is 19.2 Å². The third-order valence-corrected chi connectivity index (χ3v) is 5.01. The molecule has 0 amide bonds. The molecule has 0 saturated heterocycles. The van der Waals surface area contributed by atoms with Crippen molar-refractivity contribution in [1.29, 1.82) is 0 Å². The van der Waals surface area contributed by atoms with Gasteiger partial charge in [-0.3, -0.25) is 10.1 Å². The molecule has 0 bridgehead atoms. The first-order valence-electron chi connectivity index (χ1n) is 7.16. The quantitative estimate of drug-likeness (QED) is 0.651. The van der Waals surface area contributed by atoms with Gasteiger partial charge in [0.25, 0.3) is 5.69 Å². The maximum absolute atomic E-state index is 11.7. The van der Waals surface area contributed by atoms with Gasteiger partial charge in [-0.1, -0.05) is 20.3 Å². The lowest BCUT2D eigenvalue weighted by Gasteiger charge is -2.36. The second kappa shape index (κ2) is 5.85. The van der Waals surface area contributed by atoms with Crippen LogP contribution in [0.5, 0.6) is 0 Å². The molecule has 0 aliphatic heterocycles. The zero-order chi connectivity index (χ0) is 16.5. The molecule has 122 valence electrons. The number of nitrogens with two attached hydrogens (primary N) is 1. The van der Waals surface area contributed by atoms with Crippen molar-refractivity contribution in [1.82, 2.24) is 0 Å². The predicted molar refractivity (Wildman–Crippen MR) is 84.1 cm³/mol. The van der Waals surface area contributed by atoms with Crippen LogP contribution in [0.4, 0.5) is 11.4 Å². The molecule has 22 heavy (non-hydrogen) atoms. The minimum absolute atomic E-state index is 0.0752. The third-order valence-electron chi connectivity index (χ3n) is 4.05. The highest BCUT2D eigenvalue weighted by molar-refractivity contribution is 7.89. The van der Waals surface area contributed by atoms with Crippen LogP contribution in [0.25, 0.3) is 0 Å². The number of primary sulfonamides is 1. The number of nitro groups is 1. The van der Waals surface area contributed by atoms with Crippen molar-refractivity contribution in [3.8, 4) is 0 Å². The molecule has 1 aliphatic carbocycles. The van der Waals surface area contributed by atoms with Gasteiger partial charge in [0.15, 0.2) is 0 Å². The summed E-state index contributed by atoms with van der Waals surface area (Å²) in [6.45, 7) is 4.32. The largest absolute Gasteiger partial charge is 0.381 e. The molecule has 2 rings (SSSR count). The van der Waals surface area contributed by atoms with Gasteiger partial charge in [0.2, 0.25) is 10.0 Å². The number of sulfonamides is 1. The predicted octanol–water partition coefficient (Wildman–Crippen LogP) is 2.62. The molecule has 0 radical (unpaired) electrons. The number of non-ortho nitro benzene ring substituents is 1. The van der Waals surface area contributed by atoms with Gasteiger partial charge in [-0.05, 0) is 30.7 Å². The van der Waals surface area contributed by atoms with Crippen molar-refractivity contribution in [2.24, 2.45) is 10.6 Å². The highest BCUT2D eigenvalue weighted by Crippen LogP contribution is 2.37. The van der Waals surface area contributed by atoms with Crippen molar-refractivity contribution < 1.29 is 13.3 Å². The zero-order valence-corrected chi connectivity index (χ0v) is 13.5. The molecule has 0 spiro atoms. The minimum atomic E-state index is -3.94. The molecule has 1 fully saturated rings. The fourth-order valence-electron chi connectivity index (χ4n) is 3.03. The maximum Gasteiger partial charge on any atom is 0.271 e. The molecule has 1 atom stereocenters. The van der Waals surface area contributed by atoms with Gasteiger partial charge in [-0.25, -0.2) is 13.6 Å². The summed E-state index contributed by atoms with van der Waals surface area (Å²) in [6, 6.07) is 3.65. The fourth-order valence-corrected chi connectivity index (χ4v) is 3.72. The highest BCUT2D eigenvalue weighted by Gasteiger charge is 2.29. The van der Waals surface area contributed by atoms with E-state index in [0.29, 0.717) is 0 Å². The summed E-state index contributed by atoms with van der Waals surface area (Å²) >= 11 is 0. The lowest BCUT2D eigenvalue weighted by Crippen LogP contribution is -2.32. The Balaban J connectivity index is 2.35. The Morgan fingerprint density at radius 2 is 2.09 bits per heavy atom. The summed E-state index contributed by atoms with van der Waals surface area (Å²) in [5.74, 6) is 0. The number of hydrogen-bond donors (Lipinski definition) is 2. The van der Waals surface area contributed by atoms with Crippen LogP contribution in [-0.4, -0.2) is 19.4 Å². The topological polar surface area (TPSA) is 115 Å². The highest BCUT2D eigenvalue weighted by atomic mass is 32.2. The minimum Gasteiger partial charge on any atom is -0.381 e. The van der Waals surface area contributed by atoms with E-state index < -0.39 is 14.9 Å². The van der Waals surface area contributed by atoms with Crippen molar-refractivity contribution in [2.45, 2.75) is 50.5 Å². The van der Waals surface area contributed by atoms with E-state index in [1.54, 1.807) is 0 Å². The second-order valence-electron chi connectivity index (χ2n) is 6.58. The Labute approximate surface area is 130 Å². The van der Waals surface area contributed by atoms with Crippen LogP contribution in [0, 0.1) is 15.5 Å². The first-order valence-corrected chi connectivity index (χ1v) is 8.71. The third kappa shape index (κ3) is 3.95. The molecule has 8 heteroatoms. The van der Waals surface area contributed by atoms with E-state index in [4.69, 9.17) is 5.14 Å². The van der Waals surface area contributed by atoms with Gasteiger partial charge in [0, 0.05) is 18.2 Å². The number of hydrogen-bond acceptors (Lipinski definition) is 5. The van der Waals surface area contributed by atoms with Crippen LogP contribution in [0.15, 0.2) is 23.1 Å². The van der Waals surface area contributed by atoms with E-state index in [9.17, 15) is 18.5 Å². The van der Waals surface area contributed by atoms with Crippen molar-refractivity contribution in [3.05, 3.63) is 28.3 Å². The van der Waals surface area contributed by atoms with Crippen LogP contribution >= 0.6 is 0 Å². The van der Waals surface area contributed by atoms with E-state index in [1.807, 2.05) is 0 Å². The smallest absolute Gasteiger partial charge is 0.271 e. The van der Waals surface area contributed by atoms with E-state index >= 15 is 0 Å². The van der Waals surface area contributed by atoms with Crippen LogP contribution < -0.4 is 10.5 Å². The Hall–Kier alpha value is -1.67. The van der Waals surface area contributed by atoms with Gasteiger partial charge >= 0.3 is 0 Å². The summed E-state index contributed by atoms with van der Waals surface area (Å²) in [7, 11) is -3.94. The van der Waals surface area contributed by atoms with Gasteiger partial charge in [-0.2, -0.15) is 0 Å². The number of nitrogens with one attached hydrogen (secondary N) is 1. The summed E-state index contributed by atoms with van der Waals surface area (Å²) in [5, 5.41) is 19.3. The number of anilines is 1. The standard InChI is InChI=1S/C14H21N3O4S/c1-14(2)7-3-4-10(9-14)16-12-8-11(17(18)19)5-6-13(12)22(15,20)21/h5-6,8,10,16H,3-4,7,9H2,1-2H3,(H2,15,20,21). The molecule has 7 nitrogen and oxygen atoms in total. The van der Waals surface area contributed by atoms with Crippen molar-refractivity contribution in [3.63, 3.8) is 0 Å². The SMILES string of the molecule is CC1(C)CCCC(Nc2cc([N+](=O)[O-])ccc2S(N)(=O)=O)C1. The number of benzene rings is 1. The fraction of sp³-hybridized carbons (Fsp3) is 0.571. The summed E-state index contributed by atoms with van der Waals surface area (Å²) in [4.78, 5) is 10.2. The number of rotatable bonds is 4. The summed E-state index contributed by atoms with van der Waals surface area (Å²) in [5.41, 5.74) is 0.211. The molecule has 0 heterocycles. The average Bonchev–Trinajstić information content (AvgIpc) is 2.36. The van der Waals surface area contributed by atoms with E-state index in [0.717, 1.165) is 31.7 Å². The first-order chi connectivity index (χ1) is 10.1. The summed E-state index contributed by atoms with van der Waals surface area (Å²) in [6.07, 6.45) is 3.92. The van der Waals surface area contributed by atoms with Crippen molar-refractivity contribution in [2.75, 3.05) is 5.32 Å². The Morgan fingerprint density at radius 1 is 1.41 bits per heavy atom. The Bertz CT molecular complexity index is 685. The van der Waals surface area contributed by atoms with Gasteiger partial charge in [-0.15, -0.1) is 0 Å². The lowest BCUT2D eigenvalue weighted by molar-refractivity contribution is -0.384. The Morgan fingerprint density at radius 3 is 2.64 bits per heavy atom. The van der Waals surface area contributed by atoms with Gasteiger partial charge in [0.1, 0.15) is 4.90 Å². The molecule has 1 unspecified atom stereocenters. The molecular weight excluding hydrogens is 306 g/mol. The molecule has 3 N–H and O–H groups in total.